The topological polar surface area (TPSA) is 239 Å². The van der Waals surface area contributed by atoms with Crippen LogP contribution in [0.5, 0.6) is 0 Å². The number of nitrogens with zero attached hydrogens (tertiary/aromatic N) is 1. The van der Waals surface area contributed by atoms with E-state index in [1.807, 2.05) is 0 Å². The van der Waals surface area contributed by atoms with Crippen molar-refractivity contribution in [3.05, 3.63) is 0 Å². The highest BCUT2D eigenvalue weighted by atomic mass is 79.9. The van der Waals surface area contributed by atoms with E-state index >= 15 is 0 Å². The maximum Gasteiger partial charge on any atom is 0.490 e. The number of imide groups is 1. The quantitative estimate of drug-likeness (QED) is 0.162. The maximum absolute atomic E-state index is 12.0. The van der Waals surface area contributed by atoms with Crippen molar-refractivity contribution in [1.82, 2.24) is 10.2 Å². The van der Waals surface area contributed by atoms with Gasteiger partial charge in [0.2, 0.25) is 5.91 Å². The van der Waals surface area contributed by atoms with Crippen molar-refractivity contribution in [2.75, 3.05) is 13.2 Å². The number of phosphoric acid groups is 3. The largest absolute Gasteiger partial charge is 0.490 e. The molecular weight excluding hydrogens is 545 g/mol. The molecule has 2 saturated heterocycles. The second kappa shape index (κ2) is 8.94. The molecule has 0 radical (unpaired) electrons. The third-order valence-electron chi connectivity index (χ3n) is 3.79. The van der Waals surface area contributed by atoms with E-state index in [2.05, 4.69) is 34.4 Å². The van der Waals surface area contributed by atoms with Crippen LogP contribution in [0.2, 0.25) is 0 Å². The summed E-state index contributed by atoms with van der Waals surface area (Å²) < 4.78 is 49.4. The Labute approximate surface area is 177 Å². The van der Waals surface area contributed by atoms with E-state index in [4.69, 9.17) is 19.4 Å². The van der Waals surface area contributed by atoms with Gasteiger partial charge >= 0.3 is 29.5 Å². The van der Waals surface area contributed by atoms with Crippen LogP contribution < -0.4 is 5.32 Å². The first-order chi connectivity index (χ1) is 13.4. The minimum atomic E-state index is -5.68. The fraction of sp³-hybridized carbons (Fsp3) is 0.800. The van der Waals surface area contributed by atoms with E-state index in [0.29, 0.717) is 0 Å². The Morgan fingerprint density at radius 1 is 1.20 bits per heavy atom. The SMILES string of the molecule is CC1(Br)CN([C@H]2C[C@H](O)[C@@H](COP(=O)(O)OP(=O)(O)OP(=O)(O)O)O2)C(=O)NC1=O. The smallest absolute Gasteiger partial charge is 0.390 e. The lowest BCUT2D eigenvalue weighted by Crippen LogP contribution is -2.62. The van der Waals surface area contributed by atoms with Gasteiger partial charge in [0.1, 0.15) is 16.7 Å². The molecule has 0 aromatic heterocycles. The molecule has 30 heavy (non-hydrogen) atoms. The molecular formula is C10H18BrN2O14P3. The molecule has 0 saturated carbocycles. The lowest BCUT2D eigenvalue weighted by Gasteiger charge is -2.38. The van der Waals surface area contributed by atoms with Crippen molar-refractivity contribution < 1.29 is 65.8 Å². The fourth-order valence-corrected chi connectivity index (χ4v) is 5.92. The summed E-state index contributed by atoms with van der Waals surface area (Å²) in [6.45, 7) is 0.513. The summed E-state index contributed by atoms with van der Waals surface area (Å²) >= 11 is 3.16. The lowest BCUT2D eigenvalue weighted by molar-refractivity contribution is -0.126. The average molecular weight is 563 g/mol. The molecule has 6 atom stereocenters. The Bertz CT molecular complexity index is 846. The number of hydrogen-bond acceptors (Lipinski definition) is 10. The molecule has 3 amide bonds. The van der Waals surface area contributed by atoms with Crippen LogP contribution in [0.25, 0.3) is 0 Å². The minimum Gasteiger partial charge on any atom is -0.390 e. The summed E-state index contributed by atoms with van der Waals surface area (Å²) in [5.41, 5.74) is 0. The first kappa shape index (κ1) is 26.0. The van der Waals surface area contributed by atoms with Crippen LogP contribution in [-0.2, 0) is 36.4 Å². The number of hydrogen-bond donors (Lipinski definition) is 6. The predicted octanol–water partition coefficient (Wildman–Crippen LogP) is -0.489. The number of rotatable bonds is 8. The van der Waals surface area contributed by atoms with Crippen LogP contribution in [0.15, 0.2) is 0 Å². The molecule has 3 unspecified atom stereocenters. The monoisotopic (exact) mass is 562 g/mol. The molecule has 20 heteroatoms. The van der Waals surface area contributed by atoms with E-state index in [1.165, 1.54) is 6.92 Å². The minimum absolute atomic E-state index is 0.113. The van der Waals surface area contributed by atoms with Gasteiger partial charge in [-0.2, -0.15) is 8.62 Å². The number of carbonyl (C=O) groups excluding carboxylic acids is 2. The Balaban J connectivity index is 1.96. The molecule has 174 valence electrons. The number of aliphatic hydroxyl groups is 1. The van der Waals surface area contributed by atoms with Crippen molar-refractivity contribution in [3.63, 3.8) is 0 Å². The van der Waals surface area contributed by atoms with Gasteiger partial charge < -0.3 is 29.4 Å². The molecule has 2 heterocycles. The second-order valence-corrected chi connectivity index (χ2v) is 12.6. The molecule has 16 nitrogen and oxygen atoms in total. The van der Waals surface area contributed by atoms with E-state index in [0.717, 1.165) is 4.90 Å². The highest BCUT2D eigenvalue weighted by Crippen LogP contribution is 2.66. The number of aliphatic hydroxyl groups excluding tert-OH is 1. The summed E-state index contributed by atoms with van der Waals surface area (Å²) in [5, 5.41) is 12.1. The first-order valence-electron chi connectivity index (χ1n) is 7.84. The van der Waals surface area contributed by atoms with Gasteiger partial charge in [-0.3, -0.25) is 19.5 Å². The van der Waals surface area contributed by atoms with E-state index in [-0.39, 0.29) is 13.0 Å². The highest BCUT2D eigenvalue weighted by molar-refractivity contribution is 9.10. The number of ether oxygens (including phenoxy) is 1. The summed E-state index contributed by atoms with van der Waals surface area (Å²) in [5.74, 6) is -0.577. The molecule has 0 spiro atoms. The van der Waals surface area contributed by atoms with Crippen molar-refractivity contribution in [1.29, 1.82) is 0 Å². The van der Waals surface area contributed by atoms with Gasteiger partial charge in [-0.15, -0.1) is 0 Å². The molecule has 2 fully saturated rings. The summed E-state index contributed by atoms with van der Waals surface area (Å²) in [7, 11) is -16.6. The normalized spacial score (nSPS) is 34.4. The van der Waals surface area contributed by atoms with Gasteiger partial charge in [-0.05, 0) is 6.92 Å². The summed E-state index contributed by atoms with van der Waals surface area (Å²) in [6.07, 6.45) is -3.81. The number of phosphoric ester groups is 1. The van der Waals surface area contributed by atoms with Crippen LogP contribution >= 0.6 is 39.4 Å². The van der Waals surface area contributed by atoms with Gasteiger partial charge in [0.05, 0.1) is 12.7 Å². The molecule has 6 N–H and O–H groups in total. The molecule has 0 aromatic carbocycles. The van der Waals surface area contributed by atoms with Crippen LogP contribution in [0.3, 0.4) is 0 Å². The van der Waals surface area contributed by atoms with Crippen molar-refractivity contribution in [2.24, 2.45) is 0 Å². The average Bonchev–Trinajstić information content (AvgIpc) is 2.86. The third-order valence-corrected chi connectivity index (χ3v) is 8.21. The molecule has 2 rings (SSSR count). The van der Waals surface area contributed by atoms with Crippen molar-refractivity contribution >= 4 is 51.3 Å². The van der Waals surface area contributed by atoms with E-state index in [1.54, 1.807) is 0 Å². The number of alkyl halides is 1. The van der Waals surface area contributed by atoms with Crippen LogP contribution in [0.4, 0.5) is 4.79 Å². The standard InChI is InChI=1S/C10H18BrN2O14P3/c1-10(11)4-13(9(16)12-8(10)15)7-2-5(14)6(25-7)3-24-29(20,21)27-30(22,23)26-28(17,18)19/h5-7,14H,2-4H2,1H3,(H,20,21)(H,22,23)(H,12,15,16)(H2,17,18,19)/t5-,6+,7+,10?/m0/s1. The highest BCUT2D eigenvalue weighted by Gasteiger charge is 2.48. The number of urea groups is 1. The Morgan fingerprint density at radius 3 is 2.37 bits per heavy atom. The molecule has 2 aliphatic rings. The van der Waals surface area contributed by atoms with Crippen LogP contribution in [0.1, 0.15) is 13.3 Å². The third kappa shape index (κ3) is 7.14. The van der Waals surface area contributed by atoms with E-state index in [9.17, 15) is 33.3 Å². The Kier molecular flexibility index (Phi) is 7.75. The Morgan fingerprint density at radius 2 is 1.80 bits per heavy atom. The zero-order valence-electron chi connectivity index (χ0n) is 14.9. The van der Waals surface area contributed by atoms with E-state index < -0.39 is 64.8 Å². The van der Waals surface area contributed by atoms with Crippen molar-refractivity contribution in [3.8, 4) is 0 Å². The maximum atomic E-state index is 12.0. The number of halogens is 1. The Hall–Kier alpha value is -0.250. The summed E-state index contributed by atoms with van der Waals surface area (Å²) in [6, 6.07) is -0.789. The number of amides is 3. The van der Waals surface area contributed by atoms with Gasteiger partial charge in [-0.25, -0.2) is 18.5 Å². The number of nitrogens with one attached hydrogen (secondary N) is 1. The zero-order valence-corrected chi connectivity index (χ0v) is 19.2. The van der Waals surface area contributed by atoms with Crippen molar-refractivity contribution in [2.45, 2.75) is 36.1 Å². The summed E-state index contributed by atoms with van der Waals surface area (Å²) in [4.78, 5) is 60.3. The fourth-order valence-electron chi connectivity index (χ4n) is 2.52. The first-order valence-corrected chi connectivity index (χ1v) is 13.1. The van der Waals surface area contributed by atoms with Crippen LogP contribution in [0, 0.1) is 0 Å². The predicted molar refractivity (Wildman–Crippen MR) is 96.7 cm³/mol. The van der Waals surface area contributed by atoms with Gasteiger partial charge in [0.25, 0.3) is 0 Å². The number of carbonyl (C=O) groups is 2. The van der Waals surface area contributed by atoms with Gasteiger partial charge in [0.15, 0.2) is 0 Å². The van der Waals surface area contributed by atoms with Gasteiger partial charge in [-0.1, -0.05) is 15.9 Å². The second-order valence-electron chi connectivity index (χ2n) is 6.40. The van der Waals surface area contributed by atoms with Gasteiger partial charge in [0, 0.05) is 13.0 Å². The molecule has 0 aliphatic carbocycles. The molecule has 0 aromatic rings. The molecule has 2 aliphatic heterocycles. The van der Waals surface area contributed by atoms with Crippen LogP contribution in [-0.4, -0.2) is 77.4 Å². The lowest BCUT2D eigenvalue weighted by atomic mass is 10.1. The molecule has 0 bridgehead atoms. The zero-order chi connectivity index (χ0) is 23.1.